The highest BCUT2D eigenvalue weighted by Crippen LogP contribution is 2.46. The average molecular weight is 751 g/mol. The fourth-order valence-electron chi connectivity index (χ4n) is 8.54. The van der Waals surface area contributed by atoms with Gasteiger partial charge < -0.3 is 9.47 Å². The molecule has 0 aliphatic heterocycles. The number of aldehydes is 2. The van der Waals surface area contributed by atoms with E-state index < -0.39 is 0 Å². The Balaban J connectivity index is 1.11. The van der Waals surface area contributed by atoms with Crippen LogP contribution in [0.1, 0.15) is 52.1 Å². The van der Waals surface area contributed by atoms with E-state index in [9.17, 15) is 9.59 Å². The minimum Gasteiger partial charge on any atom is -0.311 e. The summed E-state index contributed by atoms with van der Waals surface area (Å²) in [6, 6.07) is 56.7. The second-order valence-corrected chi connectivity index (χ2v) is 15.6. The summed E-state index contributed by atoms with van der Waals surface area (Å²) in [7, 11) is 0. The molecule has 8 aromatic rings. The largest absolute Gasteiger partial charge is 0.311 e. The molecule has 1 aliphatic rings. The van der Waals surface area contributed by atoms with Crippen molar-refractivity contribution in [2.75, 3.05) is 4.90 Å². The van der Waals surface area contributed by atoms with Crippen molar-refractivity contribution < 1.29 is 9.59 Å². The maximum atomic E-state index is 11.7. The molecule has 280 valence electrons. The van der Waals surface area contributed by atoms with Crippen LogP contribution in [0.2, 0.25) is 0 Å². The van der Waals surface area contributed by atoms with Crippen LogP contribution in [0.25, 0.3) is 55.3 Å². The van der Waals surface area contributed by atoms with Crippen LogP contribution in [0.3, 0.4) is 0 Å². The zero-order valence-corrected chi connectivity index (χ0v) is 32.6. The molecule has 1 aromatic heterocycles. The smallest absolute Gasteiger partial charge is 0.150 e. The molecule has 1 aliphatic carbocycles. The van der Waals surface area contributed by atoms with E-state index in [1.165, 1.54) is 27.5 Å². The number of nitrogens with zero attached hydrogens (tertiary/aromatic N) is 2. The van der Waals surface area contributed by atoms with Crippen molar-refractivity contribution in [3.63, 3.8) is 0 Å². The van der Waals surface area contributed by atoms with Gasteiger partial charge in [0.25, 0.3) is 0 Å². The van der Waals surface area contributed by atoms with Crippen LogP contribution < -0.4 is 4.90 Å². The van der Waals surface area contributed by atoms with Gasteiger partial charge in [0.1, 0.15) is 12.6 Å². The molecule has 0 fully saturated rings. The van der Waals surface area contributed by atoms with Crippen molar-refractivity contribution in [2.45, 2.75) is 25.7 Å². The lowest BCUT2D eigenvalue weighted by Crippen LogP contribution is -2.15. The molecule has 4 heteroatoms. The first kappa shape index (κ1) is 36.3. The van der Waals surface area contributed by atoms with Crippen molar-refractivity contribution in [3.8, 4) is 27.9 Å². The Morgan fingerprint density at radius 1 is 0.603 bits per heavy atom. The highest BCUT2D eigenvalue weighted by atomic mass is 16.1. The van der Waals surface area contributed by atoms with Crippen LogP contribution in [0.15, 0.2) is 194 Å². The Bertz CT molecular complexity index is 2910. The molecule has 0 amide bonds. The second-order valence-electron chi connectivity index (χ2n) is 15.6. The van der Waals surface area contributed by atoms with Gasteiger partial charge in [-0.15, -0.1) is 0 Å². The van der Waals surface area contributed by atoms with Crippen molar-refractivity contribution in [2.24, 2.45) is 0 Å². The predicted octanol–water partition coefficient (Wildman–Crippen LogP) is 13.7. The van der Waals surface area contributed by atoms with E-state index in [4.69, 9.17) is 0 Å². The average Bonchev–Trinajstić information content (AvgIpc) is 3.74. The summed E-state index contributed by atoms with van der Waals surface area (Å²) >= 11 is 0. The van der Waals surface area contributed by atoms with Gasteiger partial charge in [0.15, 0.2) is 0 Å². The Morgan fingerprint density at radius 2 is 1.19 bits per heavy atom. The van der Waals surface area contributed by atoms with Crippen molar-refractivity contribution in [1.29, 1.82) is 0 Å². The Hall–Kier alpha value is -7.30. The van der Waals surface area contributed by atoms with Crippen LogP contribution in [0, 0.1) is 0 Å². The fraction of sp³-hybridized carbons (Fsp3) is 0.0741. The molecule has 7 aromatic carbocycles. The molecular formula is C54H42N2O2. The lowest BCUT2D eigenvalue weighted by Gasteiger charge is -2.27. The molecule has 1 heterocycles. The molecule has 0 N–H and O–H groups in total. The minimum atomic E-state index is -0.0336. The van der Waals surface area contributed by atoms with E-state index >= 15 is 0 Å². The molecular weight excluding hydrogens is 709 g/mol. The summed E-state index contributed by atoms with van der Waals surface area (Å²) in [5, 5.41) is 2.34. The van der Waals surface area contributed by atoms with Gasteiger partial charge >= 0.3 is 0 Å². The molecule has 0 saturated heterocycles. The quantitative estimate of drug-likeness (QED) is 0.103. The fourth-order valence-corrected chi connectivity index (χ4v) is 8.54. The number of hydrogen-bond donors (Lipinski definition) is 0. The molecule has 0 unspecified atom stereocenters. The number of allylic oxidation sites excluding steroid dienone is 4. The lowest BCUT2D eigenvalue weighted by atomic mass is 9.86. The van der Waals surface area contributed by atoms with Crippen molar-refractivity contribution in [1.82, 2.24) is 4.57 Å². The Labute approximate surface area is 339 Å². The van der Waals surface area contributed by atoms with Gasteiger partial charge in [-0.2, -0.15) is 0 Å². The molecule has 4 nitrogen and oxygen atoms in total. The van der Waals surface area contributed by atoms with Gasteiger partial charge in [-0.25, -0.2) is 0 Å². The number of aromatic nitrogens is 1. The molecule has 0 spiro atoms. The zero-order valence-electron chi connectivity index (χ0n) is 32.6. The predicted molar refractivity (Wildman–Crippen MR) is 241 cm³/mol. The number of para-hydroxylation sites is 1. The number of anilines is 2. The summed E-state index contributed by atoms with van der Waals surface area (Å²) in [5.41, 5.74) is 15.6. The first-order chi connectivity index (χ1) is 28.3. The molecule has 0 bridgehead atoms. The first-order valence-corrected chi connectivity index (χ1v) is 19.6. The zero-order chi connectivity index (χ0) is 39.8. The number of fused-ring (bicyclic) bond motifs is 4. The highest BCUT2D eigenvalue weighted by molar-refractivity contribution is 6.10. The van der Waals surface area contributed by atoms with E-state index in [1.807, 2.05) is 48.5 Å². The summed E-state index contributed by atoms with van der Waals surface area (Å²) in [6.07, 6.45) is 8.93. The van der Waals surface area contributed by atoms with Gasteiger partial charge in [-0.1, -0.05) is 117 Å². The van der Waals surface area contributed by atoms with Crippen LogP contribution in [-0.2, 0) is 5.41 Å². The van der Waals surface area contributed by atoms with Gasteiger partial charge in [0.2, 0.25) is 0 Å². The normalized spacial score (nSPS) is 14.1. The molecule has 0 atom stereocenters. The molecule has 0 radical (unpaired) electrons. The Kier molecular flexibility index (Phi) is 9.39. The SMILES string of the molecule is C=C/C(=C\C=C1/CC(C)(C)c2ccc(C=O)cc21)N(c1ccc(-c2ccccc2)cc1)c1ccc(-c2ccc3c(c2)c2ccccc2n3-c2ccc(C=O)cc2)cc1. The number of carbonyl (C=O) groups is 2. The maximum absolute atomic E-state index is 11.7. The van der Waals surface area contributed by atoms with Gasteiger partial charge in [-0.3, -0.25) is 9.59 Å². The summed E-state index contributed by atoms with van der Waals surface area (Å²) < 4.78 is 2.26. The monoisotopic (exact) mass is 750 g/mol. The second kappa shape index (κ2) is 15.0. The highest BCUT2D eigenvalue weighted by Gasteiger charge is 2.33. The van der Waals surface area contributed by atoms with Crippen LogP contribution in [0.5, 0.6) is 0 Å². The first-order valence-electron chi connectivity index (χ1n) is 19.6. The van der Waals surface area contributed by atoms with Crippen LogP contribution in [-0.4, -0.2) is 17.1 Å². The number of carbonyl (C=O) groups excluding carboxylic acids is 2. The summed E-state index contributed by atoms with van der Waals surface area (Å²) in [6.45, 7) is 8.82. The summed E-state index contributed by atoms with van der Waals surface area (Å²) in [4.78, 5) is 25.4. The van der Waals surface area contributed by atoms with Crippen molar-refractivity contribution >= 4 is 51.3 Å². The van der Waals surface area contributed by atoms with Gasteiger partial charge in [0, 0.05) is 44.7 Å². The van der Waals surface area contributed by atoms with Gasteiger partial charge in [-0.05, 0) is 136 Å². The minimum absolute atomic E-state index is 0.0336. The van der Waals surface area contributed by atoms with E-state index in [2.05, 4.69) is 163 Å². The molecule has 58 heavy (non-hydrogen) atoms. The molecule has 0 saturated carbocycles. The summed E-state index contributed by atoms with van der Waals surface area (Å²) in [5.74, 6) is 0. The standard InChI is InChI=1S/C54H42N2O2/c1-4-44(25-21-43-34-54(2,3)51-30-16-38(36-58)32-49(43)51)55(45-26-17-40(18-27-45)39-10-6-5-7-11-39)46-28-19-41(20-29-46)42-22-31-53-50(33-42)48-12-8-9-13-52(48)56(53)47-23-14-37(35-57)15-24-47/h4-33,35-36H,1,34H2,2-3H3/b43-21+,44-25+. The number of rotatable bonds is 10. The van der Waals surface area contributed by atoms with Gasteiger partial charge in [0.05, 0.1) is 11.0 Å². The third kappa shape index (κ3) is 6.59. The van der Waals surface area contributed by atoms with Crippen LogP contribution >= 0.6 is 0 Å². The van der Waals surface area contributed by atoms with Crippen LogP contribution in [0.4, 0.5) is 11.4 Å². The van der Waals surface area contributed by atoms with E-state index in [1.54, 1.807) is 0 Å². The third-order valence-corrected chi connectivity index (χ3v) is 11.5. The van der Waals surface area contributed by atoms with E-state index in [-0.39, 0.29) is 5.41 Å². The third-order valence-electron chi connectivity index (χ3n) is 11.5. The van der Waals surface area contributed by atoms with E-state index in [0.29, 0.717) is 11.1 Å². The lowest BCUT2D eigenvalue weighted by molar-refractivity contribution is 0.111. The molecule has 9 rings (SSSR count). The number of benzene rings is 7. The Morgan fingerprint density at radius 3 is 1.86 bits per heavy atom. The maximum Gasteiger partial charge on any atom is 0.150 e. The van der Waals surface area contributed by atoms with E-state index in [0.717, 1.165) is 75.0 Å². The van der Waals surface area contributed by atoms with Crippen molar-refractivity contribution in [3.05, 3.63) is 217 Å². The number of hydrogen-bond acceptors (Lipinski definition) is 3. The topological polar surface area (TPSA) is 42.3 Å².